The minimum atomic E-state index is -0.525. The molecule has 0 saturated carbocycles. The smallest absolute Gasteiger partial charge is 0.144 e. The van der Waals surface area contributed by atoms with Gasteiger partial charge in [0.2, 0.25) is 0 Å². The van der Waals surface area contributed by atoms with E-state index in [4.69, 9.17) is 10.00 Å². The zero-order chi connectivity index (χ0) is 12.0. The molecule has 0 aliphatic rings. The zero-order valence-electron chi connectivity index (χ0n) is 9.66. The van der Waals surface area contributed by atoms with E-state index in [0.29, 0.717) is 18.3 Å². The Labute approximate surface area is 95.7 Å². The Morgan fingerprint density at radius 2 is 2.25 bits per heavy atom. The van der Waals surface area contributed by atoms with E-state index in [1.54, 1.807) is 12.1 Å². The fraction of sp³-hybridized carbons (Fsp3) is 0.462. The number of halogens is 1. The quantitative estimate of drug-likeness (QED) is 0.762. The van der Waals surface area contributed by atoms with E-state index in [1.165, 1.54) is 6.07 Å². The summed E-state index contributed by atoms with van der Waals surface area (Å²) >= 11 is 0. The first kappa shape index (κ1) is 12.5. The van der Waals surface area contributed by atoms with Crippen LogP contribution in [0.25, 0.3) is 0 Å². The molecule has 0 N–H and O–H groups in total. The van der Waals surface area contributed by atoms with Crippen LogP contribution in [-0.4, -0.2) is 6.61 Å². The van der Waals surface area contributed by atoms with Gasteiger partial charge in [-0.15, -0.1) is 0 Å². The van der Waals surface area contributed by atoms with Gasteiger partial charge in [-0.1, -0.05) is 26.3 Å². The standard InChI is InChI=1S/C13H16FNO/c1-3-5-10(2)9-16-13-7-4-6-12(14)11(13)8-15/h4,6-7,10H,3,5,9H2,1-2H3. The molecule has 0 aliphatic carbocycles. The molecule has 1 aromatic carbocycles. The molecule has 1 aromatic rings. The number of nitriles is 1. The van der Waals surface area contributed by atoms with Crippen LogP contribution in [0.2, 0.25) is 0 Å². The van der Waals surface area contributed by atoms with Crippen LogP contribution in [0.15, 0.2) is 18.2 Å². The van der Waals surface area contributed by atoms with Crippen molar-refractivity contribution in [3.8, 4) is 11.8 Å². The second-order valence-corrected chi connectivity index (χ2v) is 3.93. The van der Waals surface area contributed by atoms with Crippen molar-refractivity contribution in [1.82, 2.24) is 0 Å². The average molecular weight is 221 g/mol. The molecule has 0 spiro atoms. The van der Waals surface area contributed by atoms with E-state index < -0.39 is 5.82 Å². The molecule has 16 heavy (non-hydrogen) atoms. The molecule has 1 atom stereocenters. The van der Waals surface area contributed by atoms with E-state index in [1.807, 2.05) is 6.07 Å². The van der Waals surface area contributed by atoms with Gasteiger partial charge in [-0.3, -0.25) is 0 Å². The summed E-state index contributed by atoms with van der Waals surface area (Å²) < 4.78 is 18.7. The van der Waals surface area contributed by atoms with Gasteiger partial charge in [-0.2, -0.15) is 5.26 Å². The molecule has 1 unspecified atom stereocenters. The molecule has 0 radical (unpaired) electrons. The molecule has 0 aliphatic heterocycles. The van der Waals surface area contributed by atoms with Gasteiger partial charge in [-0.25, -0.2) is 4.39 Å². The van der Waals surface area contributed by atoms with Crippen molar-refractivity contribution in [3.05, 3.63) is 29.6 Å². The highest BCUT2D eigenvalue weighted by atomic mass is 19.1. The summed E-state index contributed by atoms with van der Waals surface area (Å²) in [4.78, 5) is 0. The third-order valence-corrected chi connectivity index (χ3v) is 2.39. The van der Waals surface area contributed by atoms with Crippen molar-refractivity contribution in [2.75, 3.05) is 6.61 Å². The largest absolute Gasteiger partial charge is 0.492 e. The first-order valence-corrected chi connectivity index (χ1v) is 5.50. The highest BCUT2D eigenvalue weighted by molar-refractivity contribution is 5.43. The summed E-state index contributed by atoms with van der Waals surface area (Å²) in [5.41, 5.74) is -0.00815. The molecular weight excluding hydrogens is 205 g/mol. The molecular formula is C13H16FNO. The molecule has 1 rings (SSSR count). The van der Waals surface area contributed by atoms with Gasteiger partial charge in [0.25, 0.3) is 0 Å². The maximum atomic E-state index is 13.2. The van der Waals surface area contributed by atoms with E-state index in [-0.39, 0.29) is 5.56 Å². The topological polar surface area (TPSA) is 33.0 Å². The normalized spacial score (nSPS) is 11.9. The molecule has 0 amide bonds. The summed E-state index contributed by atoms with van der Waals surface area (Å²) in [5.74, 6) is 0.230. The Balaban J connectivity index is 2.67. The minimum absolute atomic E-state index is 0.00815. The van der Waals surface area contributed by atoms with Crippen molar-refractivity contribution in [1.29, 1.82) is 5.26 Å². The Hall–Kier alpha value is -1.56. The molecule has 2 nitrogen and oxygen atoms in total. The molecule has 0 fully saturated rings. The van der Waals surface area contributed by atoms with E-state index in [0.717, 1.165) is 12.8 Å². The fourth-order valence-corrected chi connectivity index (χ4v) is 1.54. The summed E-state index contributed by atoms with van der Waals surface area (Å²) in [6.45, 7) is 4.71. The average Bonchev–Trinajstić information content (AvgIpc) is 2.27. The Morgan fingerprint density at radius 3 is 2.88 bits per heavy atom. The number of rotatable bonds is 5. The molecule has 3 heteroatoms. The maximum absolute atomic E-state index is 13.2. The van der Waals surface area contributed by atoms with Crippen LogP contribution >= 0.6 is 0 Å². The molecule has 86 valence electrons. The molecule has 0 aromatic heterocycles. The van der Waals surface area contributed by atoms with Crippen LogP contribution in [0.4, 0.5) is 4.39 Å². The van der Waals surface area contributed by atoms with Crippen molar-refractivity contribution in [3.63, 3.8) is 0 Å². The van der Waals surface area contributed by atoms with Crippen LogP contribution in [0.1, 0.15) is 32.3 Å². The van der Waals surface area contributed by atoms with Crippen molar-refractivity contribution in [2.45, 2.75) is 26.7 Å². The molecule has 0 heterocycles. The van der Waals surface area contributed by atoms with E-state index in [9.17, 15) is 4.39 Å². The van der Waals surface area contributed by atoms with Gasteiger partial charge in [0.15, 0.2) is 0 Å². The van der Waals surface area contributed by atoms with Gasteiger partial charge in [0, 0.05) is 0 Å². The maximum Gasteiger partial charge on any atom is 0.144 e. The summed E-state index contributed by atoms with van der Waals surface area (Å²) in [5, 5.41) is 8.80. The number of nitrogens with zero attached hydrogens (tertiary/aromatic N) is 1. The number of hydrogen-bond donors (Lipinski definition) is 0. The lowest BCUT2D eigenvalue weighted by atomic mass is 10.1. The SMILES string of the molecule is CCCC(C)COc1cccc(F)c1C#N. The lowest BCUT2D eigenvalue weighted by Crippen LogP contribution is -2.09. The van der Waals surface area contributed by atoms with Gasteiger partial charge >= 0.3 is 0 Å². The highest BCUT2D eigenvalue weighted by Crippen LogP contribution is 2.21. The number of hydrogen-bond acceptors (Lipinski definition) is 2. The Bertz CT molecular complexity index is 384. The second-order valence-electron chi connectivity index (χ2n) is 3.93. The van der Waals surface area contributed by atoms with E-state index in [2.05, 4.69) is 13.8 Å². The van der Waals surface area contributed by atoms with Gasteiger partial charge in [0.05, 0.1) is 6.61 Å². The highest BCUT2D eigenvalue weighted by Gasteiger charge is 2.10. The van der Waals surface area contributed by atoms with Gasteiger partial charge in [0.1, 0.15) is 23.2 Å². The van der Waals surface area contributed by atoms with Crippen LogP contribution in [0.5, 0.6) is 5.75 Å². The van der Waals surface area contributed by atoms with Crippen molar-refractivity contribution >= 4 is 0 Å². The first-order valence-electron chi connectivity index (χ1n) is 5.50. The fourth-order valence-electron chi connectivity index (χ4n) is 1.54. The predicted octanol–water partition coefficient (Wildman–Crippen LogP) is 3.51. The number of ether oxygens (including phenoxy) is 1. The van der Waals surface area contributed by atoms with Crippen LogP contribution in [0.3, 0.4) is 0 Å². The lowest BCUT2D eigenvalue weighted by molar-refractivity contribution is 0.250. The third-order valence-electron chi connectivity index (χ3n) is 2.39. The van der Waals surface area contributed by atoms with Crippen molar-refractivity contribution < 1.29 is 9.13 Å². The predicted molar refractivity (Wildman–Crippen MR) is 60.7 cm³/mol. The number of benzene rings is 1. The van der Waals surface area contributed by atoms with Crippen LogP contribution in [0, 0.1) is 23.1 Å². The molecule has 0 bridgehead atoms. The zero-order valence-corrected chi connectivity index (χ0v) is 9.66. The third kappa shape index (κ3) is 3.23. The Morgan fingerprint density at radius 1 is 1.50 bits per heavy atom. The van der Waals surface area contributed by atoms with E-state index >= 15 is 0 Å². The summed E-state index contributed by atoms with van der Waals surface area (Å²) in [7, 11) is 0. The van der Waals surface area contributed by atoms with Crippen molar-refractivity contribution in [2.24, 2.45) is 5.92 Å². The Kier molecular flexibility index (Phi) is 4.78. The summed E-state index contributed by atoms with van der Waals surface area (Å²) in [6, 6.07) is 6.26. The summed E-state index contributed by atoms with van der Waals surface area (Å²) in [6.07, 6.45) is 2.16. The molecule has 0 saturated heterocycles. The first-order chi connectivity index (χ1) is 7.69. The second kappa shape index (κ2) is 6.12. The monoisotopic (exact) mass is 221 g/mol. The van der Waals surface area contributed by atoms with Gasteiger partial charge in [-0.05, 0) is 24.5 Å². The van der Waals surface area contributed by atoms with Gasteiger partial charge < -0.3 is 4.74 Å². The van der Waals surface area contributed by atoms with Crippen LogP contribution < -0.4 is 4.74 Å². The lowest BCUT2D eigenvalue weighted by Gasteiger charge is -2.13. The minimum Gasteiger partial charge on any atom is -0.492 e. The van der Waals surface area contributed by atoms with Crippen LogP contribution in [-0.2, 0) is 0 Å².